The fourth-order valence-electron chi connectivity index (χ4n) is 1.83. The number of amides is 1. The van der Waals surface area contributed by atoms with Crippen LogP contribution in [0.1, 0.15) is 32.4 Å². The highest BCUT2D eigenvalue weighted by molar-refractivity contribution is 5.77. The zero-order valence-corrected chi connectivity index (χ0v) is 10.4. The number of carbonyl (C=O) groups excluding carboxylic acids is 1. The molecule has 0 saturated heterocycles. The van der Waals surface area contributed by atoms with Crippen molar-refractivity contribution in [2.75, 3.05) is 0 Å². The van der Waals surface area contributed by atoms with Crippen LogP contribution in [-0.4, -0.2) is 15.5 Å². The second-order valence-corrected chi connectivity index (χ2v) is 4.48. The Kier molecular flexibility index (Phi) is 3.13. The lowest BCUT2D eigenvalue weighted by Crippen LogP contribution is -2.18. The van der Waals surface area contributed by atoms with Crippen LogP contribution < -0.4 is 5.32 Å². The fourth-order valence-corrected chi connectivity index (χ4v) is 1.83. The van der Waals surface area contributed by atoms with Gasteiger partial charge in [-0.1, -0.05) is 6.07 Å². The molecule has 0 aliphatic heterocycles. The summed E-state index contributed by atoms with van der Waals surface area (Å²) < 4.78 is 2.14. The Morgan fingerprint density at radius 3 is 2.88 bits per heavy atom. The Balaban J connectivity index is 2.29. The third kappa shape index (κ3) is 2.46. The summed E-state index contributed by atoms with van der Waals surface area (Å²) in [6.07, 6.45) is 1.86. The summed E-state index contributed by atoms with van der Waals surface area (Å²) in [4.78, 5) is 15.2. The van der Waals surface area contributed by atoms with Gasteiger partial charge < -0.3 is 9.88 Å². The molecule has 1 aromatic heterocycles. The van der Waals surface area contributed by atoms with E-state index < -0.39 is 0 Å². The van der Waals surface area contributed by atoms with Gasteiger partial charge in [0, 0.05) is 19.5 Å². The lowest BCUT2D eigenvalue weighted by molar-refractivity contribution is -0.119. The summed E-state index contributed by atoms with van der Waals surface area (Å²) in [6.45, 7) is 6.34. The average molecular weight is 231 g/mol. The number of hydrogen-bond acceptors (Lipinski definition) is 2. The van der Waals surface area contributed by atoms with Gasteiger partial charge in [-0.15, -0.1) is 0 Å². The normalized spacial score (nSPS) is 11.1. The van der Waals surface area contributed by atoms with Gasteiger partial charge in [0.05, 0.1) is 17.4 Å². The molecule has 2 rings (SSSR count). The fraction of sp³-hybridized carbons (Fsp3) is 0.385. The van der Waals surface area contributed by atoms with Crippen LogP contribution in [0, 0.1) is 0 Å². The summed E-state index contributed by atoms with van der Waals surface area (Å²) in [6, 6.07) is 6.50. The van der Waals surface area contributed by atoms with Gasteiger partial charge in [0.25, 0.3) is 0 Å². The zero-order chi connectivity index (χ0) is 12.4. The number of nitrogens with one attached hydrogen (secondary N) is 1. The number of nitrogens with zero attached hydrogens (tertiary/aromatic N) is 2. The number of fused-ring (bicyclic) bond motifs is 1. The number of aromatic nitrogens is 2. The molecule has 0 radical (unpaired) electrons. The van der Waals surface area contributed by atoms with Crippen LogP contribution >= 0.6 is 0 Å². The quantitative estimate of drug-likeness (QED) is 0.880. The van der Waals surface area contributed by atoms with E-state index in [0.29, 0.717) is 12.6 Å². The third-order valence-corrected chi connectivity index (χ3v) is 2.74. The van der Waals surface area contributed by atoms with E-state index in [1.54, 1.807) is 0 Å². The van der Waals surface area contributed by atoms with Crippen LogP contribution in [0.5, 0.6) is 0 Å². The molecule has 1 aromatic carbocycles. The summed E-state index contributed by atoms with van der Waals surface area (Å²) in [5.41, 5.74) is 3.18. The Morgan fingerprint density at radius 1 is 1.47 bits per heavy atom. The first-order valence-corrected chi connectivity index (χ1v) is 5.78. The lowest BCUT2D eigenvalue weighted by atomic mass is 10.2. The molecule has 0 atom stereocenters. The molecule has 4 heteroatoms. The van der Waals surface area contributed by atoms with Gasteiger partial charge in [-0.3, -0.25) is 4.79 Å². The molecule has 17 heavy (non-hydrogen) atoms. The zero-order valence-electron chi connectivity index (χ0n) is 10.4. The van der Waals surface area contributed by atoms with Crippen molar-refractivity contribution >= 4 is 16.9 Å². The van der Waals surface area contributed by atoms with Crippen molar-refractivity contribution in [1.29, 1.82) is 0 Å². The van der Waals surface area contributed by atoms with Gasteiger partial charge in [0.15, 0.2) is 0 Å². The molecule has 0 saturated carbocycles. The van der Waals surface area contributed by atoms with Crippen molar-refractivity contribution < 1.29 is 4.79 Å². The van der Waals surface area contributed by atoms with Crippen LogP contribution in [-0.2, 0) is 11.3 Å². The monoisotopic (exact) mass is 231 g/mol. The van der Waals surface area contributed by atoms with Crippen LogP contribution in [0.3, 0.4) is 0 Å². The highest BCUT2D eigenvalue weighted by atomic mass is 16.1. The average Bonchev–Trinajstić information content (AvgIpc) is 2.69. The van der Waals surface area contributed by atoms with Gasteiger partial charge in [0.2, 0.25) is 5.91 Å². The minimum absolute atomic E-state index is 0.0159. The van der Waals surface area contributed by atoms with E-state index in [1.807, 2.05) is 18.5 Å². The molecule has 4 nitrogen and oxygen atoms in total. The highest BCUT2D eigenvalue weighted by Crippen LogP contribution is 2.18. The van der Waals surface area contributed by atoms with Gasteiger partial charge in [-0.2, -0.15) is 0 Å². The summed E-state index contributed by atoms with van der Waals surface area (Å²) >= 11 is 0. The molecule has 1 N–H and O–H groups in total. The van der Waals surface area contributed by atoms with Crippen LogP contribution in [0.25, 0.3) is 11.0 Å². The SMILES string of the molecule is CC(=O)NCc1ccc2c(c1)ncn2C(C)C. The molecule has 0 bridgehead atoms. The molecule has 0 spiro atoms. The molecule has 2 aromatic rings. The maximum Gasteiger partial charge on any atom is 0.217 e. The second kappa shape index (κ2) is 4.57. The number of imidazole rings is 1. The van der Waals surface area contributed by atoms with Gasteiger partial charge >= 0.3 is 0 Å². The largest absolute Gasteiger partial charge is 0.352 e. The molecular formula is C13H17N3O. The third-order valence-electron chi connectivity index (χ3n) is 2.74. The number of carbonyl (C=O) groups is 1. The molecule has 0 aliphatic carbocycles. The first-order valence-electron chi connectivity index (χ1n) is 5.78. The van der Waals surface area contributed by atoms with E-state index in [2.05, 4.69) is 34.8 Å². The Hall–Kier alpha value is -1.84. The first-order chi connectivity index (χ1) is 8.08. The summed E-state index contributed by atoms with van der Waals surface area (Å²) in [5.74, 6) is -0.0159. The Bertz CT molecular complexity index is 543. The molecular weight excluding hydrogens is 214 g/mol. The molecule has 1 amide bonds. The predicted molar refractivity (Wildman–Crippen MR) is 67.6 cm³/mol. The molecule has 0 fully saturated rings. The smallest absolute Gasteiger partial charge is 0.217 e. The van der Waals surface area contributed by atoms with Crippen molar-refractivity contribution in [3.05, 3.63) is 30.1 Å². The summed E-state index contributed by atoms with van der Waals surface area (Å²) in [5, 5.41) is 2.78. The van der Waals surface area contributed by atoms with E-state index >= 15 is 0 Å². The minimum atomic E-state index is -0.0159. The van der Waals surface area contributed by atoms with Crippen molar-refractivity contribution in [1.82, 2.24) is 14.9 Å². The van der Waals surface area contributed by atoms with Gasteiger partial charge in [-0.25, -0.2) is 4.98 Å². The van der Waals surface area contributed by atoms with E-state index in [0.717, 1.165) is 16.6 Å². The molecule has 90 valence electrons. The Labute approximate surface area is 101 Å². The Morgan fingerprint density at radius 2 is 2.24 bits per heavy atom. The van der Waals surface area contributed by atoms with Crippen LogP contribution in [0.4, 0.5) is 0 Å². The minimum Gasteiger partial charge on any atom is -0.352 e. The molecule has 0 aliphatic rings. The van der Waals surface area contributed by atoms with Crippen molar-refractivity contribution in [2.24, 2.45) is 0 Å². The van der Waals surface area contributed by atoms with Gasteiger partial charge in [0.1, 0.15) is 0 Å². The second-order valence-electron chi connectivity index (χ2n) is 4.48. The van der Waals surface area contributed by atoms with Gasteiger partial charge in [-0.05, 0) is 31.5 Å². The predicted octanol–water partition coefficient (Wildman–Crippen LogP) is 2.25. The standard InChI is InChI=1S/C13H17N3O/c1-9(2)16-8-15-12-6-11(4-5-13(12)16)7-14-10(3)17/h4-6,8-9H,7H2,1-3H3,(H,14,17). The molecule has 0 unspecified atom stereocenters. The van der Waals surface area contributed by atoms with Crippen LogP contribution in [0.2, 0.25) is 0 Å². The van der Waals surface area contributed by atoms with E-state index in [1.165, 1.54) is 6.92 Å². The van der Waals surface area contributed by atoms with Crippen LogP contribution in [0.15, 0.2) is 24.5 Å². The van der Waals surface area contributed by atoms with Crippen molar-refractivity contribution in [2.45, 2.75) is 33.4 Å². The van der Waals surface area contributed by atoms with E-state index in [9.17, 15) is 4.79 Å². The lowest BCUT2D eigenvalue weighted by Gasteiger charge is -2.08. The van der Waals surface area contributed by atoms with Crippen molar-refractivity contribution in [3.63, 3.8) is 0 Å². The maximum atomic E-state index is 10.8. The number of hydrogen-bond donors (Lipinski definition) is 1. The highest BCUT2D eigenvalue weighted by Gasteiger charge is 2.06. The molecule has 1 heterocycles. The van der Waals surface area contributed by atoms with E-state index in [-0.39, 0.29) is 5.91 Å². The number of rotatable bonds is 3. The van der Waals surface area contributed by atoms with E-state index in [4.69, 9.17) is 0 Å². The topological polar surface area (TPSA) is 46.9 Å². The number of benzene rings is 1. The maximum absolute atomic E-state index is 10.8. The summed E-state index contributed by atoms with van der Waals surface area (Å²) in [7, 11) is 0. The first kappa shape index (κ1) is 11.6. The van der Waals surface area contributed by atoms with Crippen molar-refractivity contribution in [3.8, 4) is 0 Å².